The zero-order valence-electron chi connectivity index (χ0n) is 13.3. The summed E-state index contributed by atoms with van der Waals surface area (Å²) in [5.74, 6) is 1.50. The molecule has 0 saturated carbocycles. The average Bonchev–Trinajstić information content (AvgIpc) is 2.49. The molecule has 2 unspecified atom stereocenters. The monoisotopic (exact) mass is 270 g/mol. The van der Waals surface area contributed by atoms with Crippen LogP contribution in [0.4, 0.5) is 0 Å². The van der Waals surface area contributed by atoms with E-state index in [1.165, 1.54) is 62.5 Å². The van der Waals surface area contributed by atoms with E-state index in [1.54, 1.807) is 0 Å². The number of aryl methyl sites for hydroxylation is 1. The molecule has 0 heteroatoms. The summed E-state index contributed by atoms with van der Waals surface area (Å²) >= 11 is 0. The Bertz CT molecular complexity index is 399. The van der Waals surface area contributed by atoms with Gasteiger partial charge in [-0.1, -0.05) is 69.5 Å². The molecule has 110 valence electrons. The van der Waals surface area contributed by atoms with Crippen LogP contribution < -0.4 is 0 Å². The fourth-order valence-electron chi connectivity index (χ4n) is 3.28. The normalized spacial score (nSPS) is 22.1. The minimum absolute atomic E-state index is 0.660. The molecule has 2 atom stereocenters. The highest BCUT2D eigenvalue weighted by Gasteiger charge is 2.16. The molecule has 0 spiro atoms. The van der Waals surface area contributed by atoms with Crippen LogP contribution in [0.25, 0.3) is 0 Å². The molecule has 1 aliphatic rings. The summed E-state index contributed by atoms with van der Waals surface area (Å²) in [5, 5.41) is 0. The minimum atomic E-state index is 0.660. The summed E-state index contributed by atoms with van der Waals surface area (Å²) in [4.78, 5) is 0. The maximum absolute atomic E-state index is 2.47. The number of unbranched alkanes of at least 4 members (excludes halogenated alkanes) is 2. The quantitative estimate of drug-likeness (QED) is 0.404. The van der Waals surface area contributed by atoms with E-state index in [0.717, 1.165) is 5.92 Å². The van der Waals surface area contributed by atoms with Crippen LogP contribution in [0, 0.1) is 5.92 Å². The van der Waals surface area contributed by atoms with Crippen molar-refractivity contribution in [3.05, 3.63) is 47.5 Å². The van der Waals surface area contributed by atoms with Gasteiger partial charge in [0, 0.05) is 5.92 Å². The van der Waals surface area contributed by atoms with E-state index in [-0.39, 0.29) is 0 Å². The van der Waals surface area contributed by atoms with E-state index in [9.17, 15) is 0 Å². The SMILES string of the molecule is CCCCCc1ccc(C2C=CC(CCC)CC2)cc1. The molecule has 0 saturated heterocycles. The van der Waals surface area contributed by atoms with Crippen LogP contribution in [-0.2, 0) is 6.42 Å². The molecular formula is C20H30. The third kappa shape index (κ3) is 4.51. The molecule has 0 radical (unpaired) electrons. The van der Waals surface area contributed by atoms with Gasteiger partial charge in [-0.15, -0.1) is 0 Å². The molecule has 0 bridgehead atoms. The van der Waals surface area contributed by atoms with Gasteiger partial charge >= 0.3 is 0 Å². The van der Waals surface area contributed by atoms with E-state index >= 15 is 0 Å². The summed E-state index contributed by atoms with van der Waals surface area (Å²) < 4.78 is 0. The molecule has 0 nitrogen and oxygen atoms in total. The topological polar surface area (TPSA) is 0 Å². The van der Waals surface area contributed by atoms with Gasteiger partial charge in [0.15, 0.2) is 0 Å². The van der Waals surface area contributed by atoms with Crippen molar-refractivity contribution in [2.45, 2.75) is 71.1 Å². The lowest BCUT2D eigenvalue weighted by molar-refractivity contribution is 0.477. The van der Waals surface area contributed by atoms with Crippen molar-refractivity contribution in [3.8, 4) is 0 Å². The molecule has 0 aromatic heterocycles. The zero-order valence-corrected chi connectivity index (χ0v) is 13.3. The largest absolute Gasteiger partial charge is 0.0848 e. The first kappa shape index (κ1) is 15.4. The van der Waals surface area contributed by atoms with Crippen molar-refractivity contribution in [1.82, 2.24) is 0 Å². The Morgan fingerprint density at radius 3 is 2.30 bits per heavy atom. The molecule has 0 amide bonds. The molecular weight excluding hydrogens is 240 g/mol. The summed E-state index contributed by atoms with van der Waals surface area (Å²) in [5.41, 5.74) is 3.02. The van der Waals surface area contributed by atoms with E-state index in [2.05, 4.69) is 50.3 Å². The van der Waals surface area contributed by atoms with Gasteiger partial charge in [0.2, 0.25) is 0 Å². The summed E-state index contributed by atoms with van der Waals surface area (Å²) in [6.45, 7) is 4.56. The summed E-state index contributed by atoms with van der Waals surface area (Å²) in [6.07, 6.45) is 15.5. The Morgan fingerprint density at radius 1 is 0.900 bits per heavy atom. The number of rotatable bonds is 7. The van der Waals surface area contributed by atoms with Crippen molar-refractivity contribution in [3.63, 3.8) is 0 Å². The van der Waals surface area contributed by atoms with Crippen molar-refractivity contribution in [2.24, 2.45) is 5.92 Å². The molecule has 1 aliphatic carbocycles. The van der Waals surface area contributed by atoms with E-state index in [4.69, 9.17) is 0 Å². The van der Waals surface area contributed by atoms with Gasteiger partial charge in [-0.2, -0.15) is 0 Å². The van der Waals surface area contributed by atoms with E-state index in [1.807, 2.05) is 0 Å². The molecule has 2 rings (SSSR count). The Hall–Kier alpha value is -1.04. The molecule has 0 heterocycles. The van der Waals surface area contributed by atoms with Crippen molar-refractivity contribution >= 4 is 0 Å². The summed E-state index contributed by atoms with van der Waals surface area (Å²) in [7, 11) is 0. The Labute approximate surface area is 125 Å². The lowest BCUT2D eigenvalue weighted by atomic mass is 9.82. The van der Waals surface area contributed by atoms with Gasteiger partial charge in [0.1, 0.15) is 0 Å². The average molecular weight is 270 g/mol. The standard InChI is InChI=1S/C20H30/c1-3-5-6-8-18-11-15-20(16-12-18)19-13-9-17(7-4-2)10-14-19/h9,11-13,15-17,19H,3-8,10,14H2,1-2H3. The molecule has 0 fully saturated rings. The van der Waals surface area contributed by atoms with E-state index in [0.29, 0.717) is 5.92 Å². The molecule has 1 aromatic rings. The molecule has 0 N–H and O–H groups in total. The van der Waals surface area contributed by atoms with Gasteiger partial charge in [0.05, 0.1) is 0 Å². The zero-order chi connectivity index (χ0) is 14.2. The smallest absolute Gasteiger partial charge is 0.00182 e. The highest BCUT2D eigenvalue weighted by Crippen LogP contribution is 2.32. The third-order valence-electron chi connectivity index (χ3n) is 4.60. The molecule has 0 aliphatic heterocycles. The highest BCUT2D eigenvalue weighted by atomic mass is 14.2. The van der Waals surface area contributed by atoms with Crippen LogP contribution in [-0.4, -0.2) is 0 Å². The first-order valence-corrected chi connectivity index (χ1v) is 8.60. The Balaban J connectivity index is 1.88. The van der Waals surface area contributed by atoms with Crippen LogP contribution in [0.3, 0.4) is 0 Å². The van der Waals surface area contributed by atoms with Crippen molar-refractivity contribution < 1.29 is 0 Å². The second kappa shape index (κ2) is 8.29. The molecule has 20 heavy (non-hydrogen) atoms. The van der Waals surface area contributed by atoms with Gasteiger partial charge in [0.25, 0.3) is 0 Å². The Kier molecular flexibility index (Phi) is 6.36. The fourth-order valence-corrected chi connectivity index (χ4v) is 3.28. The van der Waals surface area contributed by atoms with Gasteiger partial charge in [-0.25, -0.2) is 0 Å². The van der Waals surface area contributed by atoms with Crippen LogP contribution >= 0.6 is 0 Å². The Morgan fingerprint density at radius 2 is 1.70 bits per heavy atom. The van der Waals surface area contributed by atoms with Crippen molar-refractivity contribution in [2.75, 3.05) is 0 Å². The minimum Gasteiger partial charge on any atom is -0.0848 e. The first-order valence-electron chi connectivity index (χ1n) is 8.60. The predicted octanol–water partition coefficient (Wildman–Crippen LogP) is 6.27. The van der Waals surface area contributed by atoms with Crippen LogP contribution in [0.15, 0.2) is 36.4 Å². The number of hydrogen-bond acceptors (Lipinski definition) is 0. The fraction of sp³-hybridized carbons (Fsp3) is 0.600. The van der Waals surface area contributed by atoms with Gasteiger partial charge in [-0.05, 0) is 49.1 Å². The second-order valence-electron chi connectivity index (χ2n) is 6.32. The lowest BCUT2D eigenvalue weighted by Crippen LogP contribution is -2.07. The van der Waals surface area contributed by atoms with Gasteiger partial charge in [-0.3, -0.25) is 0 Å². The number of hydrogen-bond donors (Lipinski definition) is 0. The van der Waals surface area contributed by atoms with Crippen LogP contribution in [0.5, 0.6) is 0 Å². The van der Waals surface area contributed by atoms with Crippen molar-refractivity contribution in [1.29, 1.82) is 0 Å². The second-order valence-corrected chi connectivity index (χ2v) is 6.32. The summed E-state index contributed by atoms with van der Waals surface area (Å²) in [6, 6.07) is 9.40. The first-order chi connectivity index (χ1) is 9.83. The molecule has 1 aromatic carbocycles. The predicted molar refractivity (Wildman–Crippen MR) is 89.2 cm³/mol. The highest BCUT2D eigenvalue weighted by molar-refractivity contribution is 5.29. The number of benzene rings is 1. The van der Waals surface area contributed by atoms with Crippen LogP contribution in [0.1, 0.15) is 75.8 Å². The van der Waals surface area contributed by atoms with E-state index < -0.39 is 0 Å². The third-order valence-corrected chi connectivity index (χ3v) is 4.60. The van der Waals surface area contributed by atoms with Gasteiger partial charge < -0.3 is 0 Å². The maximum atomic E-state index is 2.47. The maximum Gasteiger partial charge on any atom is 0.00182 e. The lowest BCUT2D eigenvalue weighted by Gasteiger charge is -2.23. The van der Waals surface area contributed by atoms with Crippen LogP contribution in [0.2, 0.25) is 0 Å². The number of allylic oxidation sites excluding steroid dienone is 2.